The largest absolute Gasteiger partial charge is 0.355 e. The van der Waals surface area contributed by atoms with E-state index >= 15 is 0 Å². The van der Waals surface area contributed by atoms with E-state index in [0.29, 0.717) is 19.5 Å². The molecule has 3 nitrogen and oxygen atoms in total. The molecule has 106 valence electrons. The van der Waals surface area contributed by atoms with Crippen molar-refractivity contribution >= 4 is 21.8 Å². The van der Waals surface area contributed by atoms with Crippen LogP contribution in [0, 0.1) is 6.92 Å². The van der Waals surface area contributed by atoms with Crippen LogP contribution in [0.3, 0.4) is 0 Å². The number of halogens is 1. The molecule has 0 aliphatic heterocycles. The summed E-state index contributed by atoms with van der Waals surface area (Å²) in [4.78, 5) is 11.7. The maximum atomic E-state index is 11.7. The van der Waals surface area contributed by atoms with Crippen LogP contribution in [0.15, 0.2) is 22.7 Å². The molecular formula is C15H23BrN2O. The molecule has 1 aromatic carbocycles. The molecule has 0 saturated heterocycles. The quantitative estimate of drug-likeness (QED) is 0.844. The third-order valence-corrected chi connectivity index (χ3v) is 3.76. The van der Waals surface area contributed by atoms with Crippen LogP contribution < -0.4 is 11.1 Å². The second-order valence-electron chi connectivity index (χ2n) is 5.51. The second-order valence-corrected chi connectivity index (χ2v) is 6.43. The summed E-state index contributed by atoms with van der Waals surface area (Å²) in [5.74, 6) is 0.0752. The van der Waals surface area contributed by atoms with Crippen molar-refractivity contribution in [2.75, 3.05) is 13.1 Å². The van der Waals surface area contributed by atoms with Gasteiger partial charge in [-0.2, -0.15) is 0 Å². The highest BCUT2D eigenvalue weighted by atomic mass is 79.9. The number of hydrogen-bond donors (Lipinski definition) is 2. The van der Waals surface area contributed by atoms with Crippen molar-refractivity contribution in [3.63, 3.8) is 0 Å². The van der Waals surface area contributed by atoms with E-state index in [-0.39, 0.29) is 11.3 Å². The Morgan fingerprint density at radius 2 is 2.11 bits per heavy atom. The van der Waals surface area contributed by atoms with E-state index < -0.39 is 0 Å². The molecule has 1 rings (SSSR count). The lowest BCUT2D eigenvalue weighted by atomic mass is 9.82. The van der Waals surface area contributed by atoms with Gasteiger partial charge in [-0.15, -0.1) is 0 Å². The number of carbonyl (C=O) groups is 1. The normalized spacial score (nSPS) is 11.4. The summed E-state index contributed by atoms with van der Waals surface area (Å²) in [6, 6.07) is 6.26. The van der Waals surface area contributed by atoms with Crippen LogP contribution in [-0.2, 0) is 10.2 Å². The van der Waals surface area contributed by atoms with E-state index in [1.807, 2.05) is 6.07 Å². The third kappa shape index (κ3) is 4.96. The van der Waals surface area contributed by atoms with Crippen LogP contribution >= 0.6 is 15.9 Å². The van der Waals surface area contributed by atoms with Crippen molar-refractivity contribution in [3.05, 3.63) is 33.8 Å². The standard InChI is InChI=1S/C15H23BrN2O/c1-11-6-7-12(16)9-13(11)15(2,3)10-18-14(19)5-4-8-17/h6-7,9H,4-5,8,10,17H2,1-3H3,(H,18,19). The number of aryl methyl sites for hydroxylation is 1. The number of benzene rings is 1. The number of amides is 1. The molecule has 19 heavy (non-hydrogen) atoms. The second kappa shape index (κ2) is 7.06. The Bertz CT molecular complexity index is 444. The Kier molecular flexibility index (Phi) is 6.01. The molecule has 3 N–H and O–H groups in total. The zero-order chi connectivity index (χ0) is 14.5. The van der Waals surface area contributed by atoms with Crippen molar-refractivity contribution in [1.82, 2.24) is 5.32 Å². The molecule has 4 heteroatoms. The van der Waals surface area contributed by atoms with E-state index in [2.05, 4.69) is 54.2 Å². The summed E-state index contributed by atoms with van der Waals surface area (Å²) in [7, 11) is 0. The van der Waals surface area contributed by atoms with Gasteiger partial charge in [-0.25, -0.2) is 0 Å². The fourth-order valence-electron chi connectivity index (χ4n) is 2.09. The van der Waals surface area contributed by atoms with E-state index in [0.717, 1.165) is 10.9 Å². The van der Waals surface area contributed by atoms with Gasteiger partial charge in [0, 0.05) is 22.9 Å². The monoisotopic (exact) mass is 326 g/mol. The maximum absolute atomic E-state index is 11.7. The number of nitrogens with one attached hydrogen (secondary N) is 1. The summed E-state index contributed by atoms with van der Waals surface area (Å²) < 4.78 is 1.07. The van der Waals surface area contributed by atoms with E-state index in [1.165, 1.54) is 11.1 Å². The molecule has 0 aliphatic carbocycles. The summed E-state index contributed by atoms with van der Waals surface area (Å²) in [6.07, 6.45) is 1.24. The minimum atomic E-state index is -0.0910. The maximum Gasteiger partial charge on any atom is 0.220 e. The zero-order valence-corrected chi connectivity index (χ0v) is 13.5. The van der Waals surface area contributed by atoms with Gasteiger partial charge in [0.25, 0.3) is 0 Å². The number of rotatable bonds is 6. The number of hydrogen-bond acceptors (Lipinski definition) is 2. The predicted molar refractivity (Wildman–Crippen MR) is 83.2 cm³/mol. The van der Waals surface area contributed by atoms with Gasteiger partial charge in [0.1, 0.15) is 0 Å². The van der Waals surface area contributed by atoms with Crippen molar-refractivity contribution in [3.8, 4) is 0 Å². The smallest absolute Gasteiger partial charge is 0.220 e. The molecule has 0 aromatic heterocycles. The first-order valence-corrected chi connectivity index (χ1v) is 7.39. The van der Waals surface area contributed by atoms with Gasteiger partial charge in [0.2, 0.25) is 5.91 Å². The molecule has 0 aliphatic rings. The van der Waals surface area contributed by atoms with Crippen LogP contribution in [0.5, 0.6) is 0 Å². The Hall–Kier alpha value is -0.870. The lowest BCUT2D eigenvalue weighted by molar-refractivity contribution is -0.121. The molecule has 0 unspecified atom stereocenters. The highest BCUT2D eigenvalue weighted by Gasteiger charge is 2.23. The van der Waals surface area contributed by atoms with Crippen molar-refractivity contribution < 1.29 is 4.79 Å². The van der Waals surface area contributed by atoms with E-state index in [9.17, 15) is 4.79 Å². The Morgan fingerprint density at radius 1 is 1.42 bits per heavy atom. The number of carbonyl (C=O) groups excluding carboxylic acids is 1. The zero-order valence-electron chi connectivity index (χ0n) is 11.9. The molecule has 0 bridgehead atoms. The Labute approximate surface area is 124 Å². The minimum Gasteiger partial charge on any atom is -0.355 e. The molecule has 0 saturated carbocycles. The average molecular weight is 327 g/mol. The highest BCUT2D eigenvalue weighted by molar-refractivity contribution is 9.10. The first kappa shape index (κ1) is 16.2. The first-order valence-electron chi connectivity index (χ1n) is 6.60. The molecule has 0 atom stereocenters. The topological polar surface area (TPSA) is 55.1 Å². The van der Waals surface area contributed by atoms with Gasteiger partial charge in [0.15, 0.2) is 0 Å². The SMILES string of the molecule is Cc1ccc(Br)cc1C(C)(C)CNC(=O)CCCN. The first-order chi connectivity index (χ1) is 8.86. The molecule has 1 amide bonds. The van der Waals surface area contributed by atoms with Gasteiger partial charge in [-0.05, 0) is 43.1 Å². The van der Waals surface area contributed by atoms with Gasteiger partial charge in [-0.1, -0.05) is 35.8 Å². The summed E-state index contributed by atoms with van der Waals surface area (Å²) >= 11 is 3.50. The van der Waals surface area contributed by atoms with Crippen LogP contribution in [0.1, 0.15) is 37.8 Å². The van der Waals surface area contributed by atoms with Crippen LogP contribution in [-0.4, -0.2) is 19.0 Å². The molecule has 0 heterocycles. The highest BCUT2D eigenvalue weighted by Crippen LogP contribution is 2.28. The van der Waals surface area contributed by atoms with E-state index in [1.54, 1.807) is 0 Å². The van der Waals surface area contributed by atoms with Gasteiger partial charge in [-0.3, -0.25) is 4.79 Å². The fourth-order valence-corrected chi connectivity index (χ4v) is 2.45. The van der Waals surface area contributed by atoms with E-state index in [4.69, 9.17) is 5.73 Å². The molecule has 0 radical (unpaired) electrons. The molecule has 0 spiro atoms. The van der Waals surface area contributed by atoms with Crippen LogP contribution in [0.2, 0.25) is 0 Å². The average Bonchev–Trinajstić information content (AvgIpc) is 2.36. The molecule has 0 fully saturated rings. The summed E-state index contributed by atoms with van der Waals surface area (Å²) in [6.45, 7) is 7.57. The lowest BCUT2D eigenvalue weighted by Gasteiger charge is -2.27. The third-order valence-electron chi connectivity index (χ3n) is 3.26. The molecule has 1 aromatic rings. The summed E-state index contributed by atoms with van der Waals surface area (Å²) in [5, 5.41) is 2.99. The predicted octanol–water partition coefficient (Wildman–Crippen LogP) is 2.89. The van der Waals surface area contributed by atoms with Gasteiger partial charge >= 0.3 is 0 Å². The fraction of sp³-hybridized carbons (Fsp3) is 0.533. The van der Waals surface area contributed by atoms with Gasteiger partial charge in [0.05, 0.1) is 0 Å². The van der Waals surface area contributed by atoms with Crippen LogP contribution in [0.4, 0.5) is 0 Å². The van der Waals surface area contributed by atoms with Crippen molar-refractivity contribution in [2.45, 2.75) is 39.0 Å². The van der Waals surface area contributed by atoms with Gasteiger partial charge < -0.3 is 11.1 Å². The minimum absolute atomic E-state index is 0.0752. The van der Waals surface area contributed by atoms with Crippen molar-refractivity contribution in [1.29, 1.82) is 0 Å². The lowest BCUT2D eigenvalue weighted by Crippen LogP contribution is -2.37. The summed E-state index contributed by atoms with van der Waals surface area (Å²) in [5.41, 5.74) is 7.80. The molecular weight excluding hydrogens is 304 g/mol. The Morgan fingerprint density at radius 3 is 2.74 bits per heavy atom. The van der Waals surface area contributed by atoms with Crippen molar-refractivity contribution in [2.24, 2.45) is 5.73 Å². The number of nitrogens with two attached hydrogens (primary N) is 1. The Balaban J connectivity index is 2.70. The van der Waals surface area contributed by atoms with Crippen LogP contribution in [0.25, 0.3) is 0 Å².